The molecule has 3 N–H and O–H groups in total. The summed E-state index contributed by atoms with van der Waals surface area (Å²) in [6.07, 6.45) is 2.58. The van der Waals surface area contributed by atoms with Gasteiger partial charge in [-0.1, -0.05) is 43.0 Å². The fourth-order valence-corrected chi connectivity index (χ4v) is 3.38. The molecule has 0 aliphatic heterocycles. The van der Waals surface area contributed by atoms with Crippen LogP contribution in [0.4, 0.5) is 0 Å². The third kappa shape index (κ3) is 4.33. The number of rotatable bonds is 7. The monoisotopic (exact) mass is 385 g/mol. The molecule has 0 saturated heterocycles. The van der Waals surface area contributed by atoms with Crippen LogP contribution in [0, 0.1) is 6.92 Å². The molecule has 0 fully saturated rings. The second-order valence-electron chi connectivity index (χ2n) is 6.24. The van der Waals surface area contributed by atoms with Gasteiger partial charge in [-0.15, -0.1) is 10.2 Å². The summed E-state index contributed by atoms with van der Waals surface area (Å²) in [5, 5.41) is 11.6. The minimum Gasteiger partial charge on any atom is -0.469 e. The van der Waals surface area contributed by atoms with Crippen molar-refractivity contribution >= 4 is 17.7 Å². The maximum absolute atomic E-state index is 12.3. The zero-order chi connectivity index (χ0) is 19.4. The quantitative estimate of drug-likeness (QED) is 0.479. The molecule has 0 radical (unpaired) electrons. The molecule has 1 atom stereocenters. The fraction of sp³-hybridized carbons (Fsp3) is 0.316. The number of aryl methyl sites for hydroxylation is 2. The van der Waals surface area contributed by atoms with Crippen molar-refractivity contribution in [3.05, 3.63) is 53.5 Å². The van der Waals surface area contributed by atoms with Gasteiger partial charge >= 0.3 is 0 Å². The van der Waals surface area contributed by atoms with Crippen LogP contribution in [0.15, 0.2) is 46.2 Å². The minimum absolute atomic E-state index is 0.0658. The molecule has 0 saturated carbocycles. The Morgan fingerprint density at radius 1 is 1.30 bits per heavy atom. The molecule has 142 valence electrons. The van der Waals surface area contributed by atoms with E-state index in [1.165, 1.54) is 22.0 Å². The highest BCUT2D eigenvalue weighted by atomic mass is 32.2. The molecule has 3 rings (SSSR count). The third-order valence-corrected chi connectivity index (χ3v) is 5.31. The predicted molar refractivity (Wildman–Crippen MR) is 106 cm³/mol. The van der Waals surface area contributed by atoms with Crippen LogP contribution in [0.5, 0.6) is 0 Å². The first-order valence-electron chi connectivity index (χ1n) is 8.75. The van der Waals surface area contributed by atoms with Gasteiger partial charge in [0.05, 0.1) is 23.6 Å². The van der Waals surface area contributed by atoms with E-state index in [4.69, 9.17) is 10.3 Å². The number of carbonyl (C=O) groups is 1. The molecule has 0 aliphatic rings. The van der Waals surface area contributed by atoms with Crippen LogP contribution >= 0.6 is 11.8 Å². The lowest BCUT2D eigenvalue weighted by Crippen LogP contribution is -2.28. The number of carbonyl (C=O) groups excluding carboxylic acids is 1. The zero-order valence-electron chi connectivity index (χ0n) is 15.6. The first-order chi connectivity index (χ1) is 13.0. The van der Waals surface area contributed by atoms with E-state index in [1.807, 2.05) is 26.0 Å². The van der Waals surface area contributed by atoms with Crippen LogP contribution in [0.3, 0.4) is 0 Å². The average molecular weight is 385 g/mol. The van der Waals surface area contributed by atoms with Gasteiger partial charge in [0.1, 0.15) is 5.76 Å². The number of thioether (sulfide) groups is 1. The smallest absolute Gasteiger partial charge is 0.230 e. The number of nitrogens with two attached hydrogens (primary N) is 1. The molecular weight excluding hydrogens is 362 g/mol. The number of hydrogen-bond donors (Lipinski definition) is 2. The number of benzene rings is 1. The number of aromatic nitrogens is 3. The summed E-state index contributed by atoms with van der Waals surface area (Å²) in [4.78, 5) is 12.3. The van der Waals surface area contributed by atoms with Crippen LogP contribution < -0.4 is 11.2 Å². The Kier molecular flexibility index (Phi) is 5.85. The molecular formula is C19H23N5O2S. The topological polar surface area (TPSA) is 99.0 Å². The van der Waals surface area contributed by atoms with Gasteiger partial charge in [-0.05, 0) is 37.5 Å². The van der Waals surface area contributed by atoms with Gasteiger partial charge in [-0.2, -0.15) is 0 Å². The highest BCUT2D eigenvalue weighted by molar-refractivity contribution is 7.99. The van der Waals surface area contributed by atoms with E-state index in [2.05, 4.69) is 34.6 Å². The standard InChI is InChI=1S/C19H23N5O2S/c1-4-14-5-7-15(8-6-14)12(2)21-17(25)11-27-19-23-22-18(24(19)20)16-9-10-26-13(16)3/h5-10,12H,4,11,20H2,1-3H3,(H,21,25). The van der Waals surface area contributed by atoms with E-state index in [1.54, 1.807) is 12.3 Å². The second-order valence-corrected chi connectivity index (χ2v) is 7.18. The predicted octanol–water partition coefficient (Wildman–Crippen LogP) is 3.09. The highest BCUT2D eigenvalue weighted by Crippen LogP contribution is 2.25. The maximum atomic E-state index is 12.3. The Labute approximate surface area is 162 Å². The normalized spacial score (nSPS) is 12.1. The van der Waals surface area contributed by atoms with Crippen molar-refractivity contribution in [3.8, 4) is 11.4 Å². The Morgan fingerprint density at radius 2 is 2.04 bits per heavy atom. The van der Waals surface area contributed by atoms with Gasteiger partial charge in [0.2, 0.25) is 11.1 Å². The van der Waals surface area contributed by atoms with Crippen LogP contribution in [0.2, 0.25) is 0 Å². The van der Waals surface area contributed by atoms with Crippen LogP contribution in [0.25, 0.3) is 11.4 Å². The lowest BCUT2D eigenvalue weighted by atomic mass is 10.1. The number of nitrogens with zero attached hydrogens (tertiary/aromatic N) is 3. The van der Waals surface area contributed by atoms with Crippen molar-refractivity contribution in [2.45, 2.75) is 38.4 Å². The Hall–Kier alpha value is -2.74. The van der Waals surface area contributed by atoms with Crippen LogP contribution in [0.1, 0.15) is 36.8 Å². The summed E-state index contributed by atoms with van der Waals surface area (Å²) >= 11 is 1.24. The summed E-state index contributed by atoms with van der Waals surface area (Å²) in [7, 11) is 0. The van der Waals surface area contributed by atoms with Crippen molar-refractivity contribution in [1.82, 2.24) is 20.2 Å². The van der Waals surface area contributed by atoms with Gasteiger partial charge in [0.15, 0.2) is 5.82 Å². The van der Waals surface area contributed by atoms with Gasteiger partial charge < -0.3 is 15.6 Å². The fourth-order valence-electron chi connectivity index (χ4n) is 2.71. The molecule has 27 heavy (non-hydrogen) atoms. The van der Waals surface area contributed by atoms with Crippen molar-refractivity contribution in [1.29, 1.82) is 0 Å². The molecule has 0 aliphatic carbocycles. The molecule has 2 heterocycles. The summed E-state index contributed by atoms with van der Waals surface area (Å²) in [5.74, 6) is 7.41. The molecule has 8 heteroatoms. The summed E-state index contributed by atoms with van der Waals surface area (Å²) in [5.41, 5.74) is 3.13. The molecule has 0 spiro atoms. The minimum atomic E-state index is -0.0869. The lowest BCUT2D eigenvalue weighted by Gasteiger charge is -2.14. The molecule has 2 aromatic heterocycles. The second kappa shape index (κ2) is 8.30. The average Bonchev–Trinajstić information content (AvgIpc) is 3.25. The van der Waals surface area contributed by atoms with Crippen LogP contribution in [-0.4, -0.2) is 26.5 Å². The molecule has 1 aromatic carbocycles. The number of furan rings is 1. The third-order valence-electron chi connectivity index (χ3n) is 4.36. The summed E-state index contributed by atoms with van der Waals surface area (Å²) in [6.45, 7) is 5.92. The van der Waals surface area contributed by atoms with Crippen LogP contribution in [-0.2, 0) is 11.2 Å². The Balaban J connectivity index is 1.57. The number of hydrogen-bond acceptors (Lipinski definition) is 6. The molecule has 0 bridgehead atoms. The first-order valence-corrected chi connectivity index (χ1v) is 9.74. The van der Waals surface area contributed by atoms with E-state index in [9.17, 15) is 4.79 Å². The van der Waals surface area contributed by atoms with Gasteiger partial charge in [0, 0.05) is 0 Å². The van der Waals surface area contributed by atoms with Crippen molar-refractivity contribution in [2.75, 3.05) is 11.6 Å². The van der Waals surface area contributed by atoms with Crippen molar-refractivity contribution in [3.63, 3.8) is 0 Å². The molecule has 1 unspecified atom stereocenters. The van der Waals surface area contributed by atoms with Gasteiger partial charge in [0.25, 0.3) is 0 Å². The van der Waals surface area contributed by atoms with E-state index < -0.39 is 0 Å². The van der Waals surface area contributed by atoms with Crippen molar-refractivity contribution in [2.24, 2.45) is 0 Å². The Bertz CT molecular complexity index is 917. The van der Waals surface area contributed by atoms with E-state index >= 15 is 0 Å². The largest absolute Gasteiger partial charge is 0.469 e. The highest BCUT2D eigenvalue weighted by Gasteiger charge is 2.17. The maximum Gasteiger partial charge on any atom is 0.230 e. The van der Waals surface area contributed by atoms with E-state index in [0.717, 1.165) is 17.5 Å². The summed E-state index contributed by atoms with van der Waals surface area (Å²) in [6, 6.07) is 9.99. The molecule has 3 aromatic rings. The summed E-state index contributed by atoms with van der Waals surface area (Å²) < 4.78 is 6.65. The number of amides is 1. The van der Waals surface area contributed by atoms with Crippen molar-refractivity contribution < 1.29 is 9.21 Å². The first kappa shape index (κ1) is 19.0. The number of nitrogen functional groups attached to an aromatic ring is 1. The molecule has 1 amide bonds. The van der Waals surface area contributed by atoms with Gasteiger partial charge in [-0.3, -0.25) is 4.79 Å². The lowest BCUT2D eigenvalue weighted by molar-refractivity contribution is -0.119. The van der Waals surface area contributed by atoms with E-state index in [0.29, 0.717) is 16.7 Å². The number of nitrogens with one attached hydrogen (secondary N) is 1. The SMILES string of the molecule is CCc1ccc(C(C)NC(=O)CSc2nnc(-c3ccoc3C)n2N)cc1. The Morgan fingerprint density at radius 3 is 2.67 bits per heavy atom. The van der Waals surface area contributed by atoms with Gasteiger partial charge in [-0.25, -0.2) is 4.68 Å². The van der Waals surface area contributed by atoms with E-state index in [-0.39, 0.29) is 17.7 Å². The molecule has 7 nitrogen and oxygen atoms in total. The zero-order valence-corrected chi connectivity index (χ0v) is 16.4.